The Hall–Kier alpha value is -3.48. The SMILES string of the molecule is O=C(O)/C=C/c1ccc(Cc2nc3cccc([N+](=O)[O-])c3[nH]2)cc1. The van der Waals surface area contributed by atoms with Crippen LogP contribution < -0.4 is 0 Å². The van der Waals surface area contributed by atoms with E-state index in [1.807, 2.05) is 12.1 Å². The Balaban J connectivity index is 1.83. The molecule has 0 atom stereocenters. The number of carbonyl (C=O) groups is 1. The van der Waals surface area contributed by atoms with Gasteiger partial charge in [-0.1, -0.05) is 30.3 Å². The van der Waals surface area contributed by atoms with Crippen molar-refractivity contribution in [2.75, 3.05) is 0 Å². The molecule has 0 bridgehead atoms. The molecule has 0 spiro atoms. The molecule has 7 heteroatoms. The van der Waals surface area contributed by atoms with Gasteiger partial charge in [-0.05, 0) is 23.3 Å². The van der Waals surface area contributed by atoms with Gasteiger partial charge in [0.1, 0.15) is 11.3 Å². The maximum absolute atomic E-state index is 11.0. The molecule has 1 aromatic heterocycles. The number of non-ortho nitro benzene ring substituents is 1. The summed E-state index contributed by atoms with van der Waals surface area (Å²) in [6.45, 7) is 0. The lowest BCUT2D eigenvalue weighted by molar-refractivity contribution is -0.383. The van der Waals surface area contributed by atoms with Gasteiger partial charge in [0.2, 0.25) is 0 Å². The lowest BCUT2D eigenvalue weighted by Gasteiger charge is -1.99. The second-order valence-electron chi connectivity index (χ2n) is 5.20. The van der Waals surface area contributed by atoms with Gasteiger partial charge in [0.25, 0.3) is 5.69 Å². The number of para-hydroxylation sites is 1. The molecule has 0 saturated heterocycles. The van der Waals surface area contributed by atoms with Gasteiger partial charge in [-0.15, -0.1) is 0 Å². The summed E-state index contributed by atoms with van der Waals surface area (Å²) in [6, 6.07) is 12.1. The van der Waals surface area contributed by atoms with E-state index in [1.165, 1.54) is 12.1 Å². The quantitative estimate of drug-likeness (QED) is 0.426. The summed E-state index contributed by atoms with van der Waals surface area (Å²) >= 11 is 0. The zero-order chi connectivity index (χ0) is 17.1. The molecule has 120 valence electrons. The van der Waals surface area contributed by atoms with Crippen LogP contribution in [-0.2, 0) is 11.2 Å². The second-order valence-corrected chi connectivity index (χ2v) is 5.20. The smallest absolute Gasteiger partial charge is 0.328 e. The minimum absolute atomic E-state index is 0.000376. The molecular weight excluding hydrogens is 310 g/mol. The molecule has 7 nitrogen and oxygen atoms in total. The molecule has 24 heavy (non-hydrogen) atoms. The minimum Gasteiger partial charge on any atom is -0.478 e. The number of nitrogens with zero attached hydrogens (tertiary/aromatic N) is 2. The normalized spacial score (nSPS) is 11.2. The summed E-state index contributed by atoms with van der Waals surface area (Å²) in [5, 5.41) is 19.6. The van der Waals surface area contributed by atoms with E-state index in [9.17, 15) is 14.9 Å². The van der Waals surface area contributed by atoms with Gasteiger partial charge in [-0.3, -0.25) is 10.1 Å². The van der Waals surface area contributed by atoms with Crippen molar-refractivity contribution in [2.45, 2.75) is 6.42 Å². The van der Waals surface area contributed by atoms with Gasteiger partial charge in [0.05, 0.1) is 10.4 Å². The third-order valence-corrected chi connectivity index (χ3v) is 3.51. The van der Waals surface area contributed by atoms with E-state index < -0.39 is 10.9 Å². The van der Waals surface area contributed by atoms with Crippen LogP contribution in [0.1, 0.15) is 17.0 Å². The van der Waals surface area contributed by atoms with Crippen molar-refractivity contribution in [1.29, 1.82) is 0 Å². The monoisotopic (exact) mass is 323 g/mol. The molecule has 0 unspecified atom stereocenters. The van der Waals surface area contributed by atoms with Crippen molar-refractivity contribution in [3.63, 3.8) is 0 Å². The fourth-order valence-electron chi connectivity index (χ4n) is 2.41. The molecule has 2 N–H and O–H groups in total. The van der Waals surface area contributed by atoms with Crippen LogP contribution in [-0.4, -0.2) is 26.0 Å². The predicted octanol–water partition coefficient (Wildman–Crippen LogP) is 3.16. The number of nitro groups is 1. The Morgan fingerprint density at radius 3 is 2.67 bits per heavy atom. The predicted molar refractivity (Wildman–Crippen MR) is 88.7 cm³/mol. The number of nitro benzene ring substituents is 1. The summed E-state index contributed by atoms with van der Waals surface area (Å²) < 4.78 is 0. The lowest BCUT2D eigenvalue weighted by Crippen LogP contribution is -1.91. The van der Waals surface area contributed by atoms with Crippen LogP contribution >= 0.6 is 0 Å². The molecule has 1 heterocycles. The number of rotatable bonds is 5. The number of hydrogen-bond acceptors (Lipinski definition) is 4. The van der Waals surface area contributed by atoms with Crippen molar-refractivity contribution in [1.82, 2.24) is 9.97 Å². The van der Waals surface area contributed by atoms with Crippen molar-refractivity contribution < 1.29 is 14.8 Å². The Morgan fingerprint density at radius 1 is 1.25 bits per heavy atom. The van der Waals surface area contributed by atoms with Crippen molar-refractivity contribution in [2.24, 2.45) is 0 Å². The Kier molecular flexibility index (Phi) is 4.07. The van der Waals surface area contributed by atoms with Crippen LogP contribution in [0.5, 0.6) is 0 Å². The van der Waals surface area contributed by atoms with Gasteiger partial charge in [-0.2, -0.15) is 0 Å². The zero-order valence-corrected chi connectivity index (χ0v) is 12.5. The Labute approximate surface area is 136 Å². The van der Waals surface area contributed by atoms with Crippen LogP contribution in [0.4, 0.5) is 5.69 Å². The summed E-state index contributed by atoms with van der Waals surface area (Å²) in [6.07, 6.45) is 3.08. The fraction of sp³-hybridized carbons (Fsp3) is 0.0588. The lowest BCUT2D eigenvalue weighted by atomic mass is 10.1. The maximum atomic E-state index is 11.0. The largest absolute Gasteiger partial charge is 0.478 e. The number of nitrogens with one attached hydrogen (secondary N) is 1. The molecule has 0 amide bonds. The van der Waals surface area contributed by atoms with Crippen LogP contribution in [0.15, 0.2) is 48.5 Å². The van der Waals surface area contributed by atoms with Crippen molar-refractivity contribution in [3.05, 3.63) is 75.6 Å². The highest BCUT2D eigenvalue weighted by Crippen LogP contribution is 2.24. The Bertz CT molecular complexity index is 942. The van der Waals surface area contributed by atoms with Crippen molar-refractivity contribution in [3.8, 4) is 0 Å². The minimum atomic E-state index is -0.997. The molecule has 0 fully saturated rings. The molecule has 0 aliphatic heterocycles. The van der Waals surface area contributed by atoms with E-state index in [2.05, 4.69) is 9.97 Å². The first-order chi connectivity index (χ1) is 11.5. The van der Waals surface area contributed by atoms with E-state index in [-0.39, 0.29) is 5.69 Å². The van der Waals surface area contributed by atoms with E-state index in [1.54, 1.807) is 24.3 Å². The number of carboxylic acids is 1. The van der Waals surface area contributed by atoms with Gasteiger partial charge in [0, 0.05) is 18.6 Å². The highest BCUT2D eigenvalue weighted by molar-refractivity contribution is 5.85. The molecule has 3 aromatic rings. The van der Waals surface area contributed by atoms with Crippen molar-refractivity contribution >= 4 is 28.8 Å². The number of aromatic nitrogens is 2. The number of carboxylic acid groups (broad SMARTS) is 1. The first-order valence-electron chi connectivity index (χ1n) is 7.15. The third-order valence-electron chi connectivity index (χ3n) is 3.51. The number of H-pyrrole nitrogens is 1. The molecule has 3 rings (SSSR count). The standard InChI is InChI=1S/C17H13N3O4/c21-16(22)9-8-11-4-6-12(7-5-11)10-15-18-13-2-1-3-14(20(23)24)17(13)19-15/h1-9H,10H2,(H,18,19)(H,21,22)/b9-8+. The van der Waals surface area contributed by atoms with Crippen LogP contribution in [0.3, 0.4) is 0 Å². The number of benzene rings is 2. The zero-order valence-electron chi connectivity index (χ0n) is 12.5. The molecule has 0 aliphatic rings. The summed E-state index contributed by atoms with van der Waals surface area (Å²) in [5.74, 6) is -0.365. The second kappa shape index (κ2) is 6.33. The number of aromatic amines is 1. The first kappa shape index (κ1) is 15.4. The highest BCUT2D eigenvalue weighted by Gasteiger charge is 2.15. The van der Waals surface area contributed by atoms with Gasteiger partial charge < -0.3 is 10.1 Å². The third kappa shape index (κ3) is 3.30. The summed E-state index contributed by atoms with van der Waals surface area (Å²) in [5.41, 5.74) is 2.71. The number of hydrogen-bond donors (Lipinski definition) is 2. The van der Waals surface area contributed by atoms with E-state index in [0.717, 1.165) is 17.2 Å². The van der Waals surface area contributed by atoms with E-state index >= 15 is 0 Å². The molecule has 0 saturated carbocycles. The first-order valence-corrected chi connectivity index (χ1v) is 7.15. The summed E-state index contributed by atoms with van der Waals surface area (Å²) in [4.78, 5) is 28.5. The molecule has 0 aliphatic carbocycles. The summed E-state index contributed by atoms with van der Waals surface area (Å²) in [7, 11) is 0. The average Bonchev–Trinajstić information content (AvgIpc) is 2.96. The van der Waals surface area contributed by atoms with Crippen LogP contribution in [0.2, 0.25) is 0 Å². The van der Waals surface area contributed by atoms with Crippen LogP contribution in [0, 0.1) is 10.1 Å². The molecular formula is C17H13N3O4. The van der Waals surface area contributed by atoms with Gasteiger partial charge in [-0.25, -0.2) is 9.78 Å². The number of fused-ring (bicyclic) bond motifs is 1. The number of aliphatic carboxylic acids is 1. The fourth-order valence-corrected chi connectivity index (χ4v) is 2.41. The Morgan fingerprint density at radius 2 is 2.00 bits per heavy atom. The van der Waals surface area contributed by atoms with Gasteiger partial charge >= 0.3 is 5.97 Å². The highest BCUT2D eigenvalue weighted by atomic mass is 16.6. The average molecular weight is 323 g/mol. The van der Waals surface area contributed by atoms with E-state index in [4.69, 9.17) is 5.11 Å². The molecule has 0 radical (unpaired) electrons. The topological polar surface area (TPSA) is 109 Å². The number of imidazole rings is 1. The van der Waals surface area contributed by atoms with E-state index in [0.29, 0.717) is 23.3 Å². The van der Waals surface area contributed by atoms with Gasteiger partial charge in [0.15, 0.2) is 0 Å². The van der Waals surface area contributed by atoms with Crippen LogP contribution in [0.25, 0.3) is 17.1 Å². The molecule has 2 aromatic carbocycles. The maximum Gasteiger partial charge on any atom is 0.328 e.